The van der Waals surface area contributed by atoms with Gasteiger partial charge in [-0.15, -0.1) is 0 Å². The van der Waals surface area contributed by atoms with Crippen LogP contribution < -0.4 is 4.90 Å². The van der Waals surface area contributed by atoms with Crippen molar-refractivity contribution >= 4 is 60.6 Å². The SMILES string of the molecule is Cc1cc(C)cc(N2C(=O)c3ccc4c5cccc6cccc(c7ccc(c3c47)C2=O)c65)c1. The van der Waals surface area contributed by atoms with Gasteiger partial charge in [-0.05, 0) is 86.9 Å². The number of benzene rings is 6. The number of fused-ring (bicyclic) bond motifs is 2. The Labute approximate surface area is 190 Å². The zero-order valence-electron chi connectivity index (χ0n) is 18.3. The monoisotopic (exact) mass is 425 g/mol. The Kier molecular flexibility index (Phi) is 3.43. The lowest BCUT2D eigenvalue weighted by molar-refractivity contribution is 0.0893. The fraction of sp³-hybridized carbons (Fsp3) is 0.0667. The summed E-state index contributed by atoms with van der Waals surface area (Å²) in [6, 6.07) is 26.4. The molecule has 1 aliphatic heterocycles. The van der Waals surface area contributed by atoms with Gasteiger partial charge in [0.25, 0.3) is 11.8 Å². The molecule has 3 nitrogen and oxygen atoms in total. The van der Waals surface area contributed by atoms with Crippen molar-refractivity contribution in [3.05, 3.63) is 101 Å². The molecule has 0 spiro atoms. The minimum atomic E-state index is -0.265. The number of imide groups is 1. The first kappa shape index (κ1) is 18.3. The zero-order valence-corrected chi connectivity index (χ0v) is 18.3. The van der Waals surface area contributed by atoms with Gasteiger partial charge in [0.15, 0.2) is 0 Å². The van der Waals surface area contributed by atoms with E-state index in [4.69, 9.17) is 0 Å². The maximum Gasteiger partial charge on any atom is 0.265 e. The van der Waals surface area contributed by atoms with Crippen molar-refractivity contribution in [2.24, 2.45) is 0 Å². The number of amides is 2. The Hall–Kier alpha value is -4.24. The van der Waals surface area contributed by atoms with Crippen molar-refractivity contribution in [1.29, 1.82) is 0 Å². The van der Waals surface area contributed by atoms with Crippen LogP contribution in [0, 0.1) is 13.8 Å². The lowest BCUT2D eigenvalue weighted by Gasteiger charge is -2.29. The van der Waals surface area contributed by atoms with Crippen LogP contribution in [0.1, 0.15) is 31.8 Å². The van der Waals surface area contributed by atoms with Gasteiger partial charge in [0.2, 0.25) is 0 Å². The summed E-state index contributed by atoms with van der Waals surface area (Å²) in [7, 11) is 0. The maximum absolute atomic E-state index is 13.7. The van der Waals surface area contributed by atoms with E-state index in [-0.39, 0.29) is 11.8 Å². The van der Waals surface area contributed by atoms with E-state index in [1.807, 2.05) is 56.3 Å². The fourth-order valence-corrected chi connectivity index (χ4v) is 5.74. The lowest BCUT2D eigenvalue weighted by atomic mass is 9.84. The summed E-state index contributed by atoms with van der Waals surface area (Å²) in [6.45, 7) is 3.96. The summed E-state index contributed by atoms with van der Waals surface area (Å²) >= 11 is 0. The normalized spacial score (nSPS) is 13.8. The predicted octanol–water partition coefficient (Wildman–Crippen LogP) is 7.15. The van der Waals surface area contributed by atoms with Gasteiger partial charge in [-0.1, -0.05) is 54.6 Å². The average Bonchev–Trinajstić information content (AvgIpc) is 2.80. The second kappa shape index (κ2) is 6.17. The number of anilines is 1. The van der Waals surface area contributed by atoms with Gasteiger partial charge >= 0.3 is 0 Å². The summed E-state index contributed by atoms with van der Waals surface area (Å²) in [5, 5.41) is 8.64. The largest absolute Gasteiger partial charge is 0.268 e. The molecule has 1 heterocycles. The molecule has 0 bridgehead atoms. The first-order chi connectivity index (χ1) is 16.0. The number of hydrogen-bond acceptors (Lipinski definition) is 2. The number of carbonyl (C=O) groups is 2. The van der Waals surface area contributed by atoms with Gasteiger partial charge in [-0.3, -0.25) is 9.59 Å². The van der Waals surface area contributed by atoms with Crippen molar-refractivity contribution in [1.82, 2.24) is 0 Å². The summed E-state index contributed by atoms with van der Waals surface area (Å²) in [4.78, 5) is 28.7. The summed E-state index contributed by atoms with van der Waals surface area (Å²) < 4.78 is 0. The average molecular weight is 425 g/mol. The molecule has 0 saturated carbocycles. The molecular formula is C30H19NO2. The minimum Gasteiger partial charge on any atom is -0.268 e. The van der Waals surface area contributed by atoms with Crippen LogP contribution in [-0.4, -0.2) is 11.8 Å². The molecule has 3 heteroatoms. The van der Waals surface area contributed by atoms with Gasteiger partial charge in [0.05, 0.1) is 5.69 Å². The second-order valence-corrected chi connectivity index (χ2v) is 9.07. The van der Waals surface area contributed by atoms with Crippen LogP contribution in [0.25, 0.3) is 43.1 Å². The molecule has 0 fully saturated rings. The van der Waals surface area contributed by atoms with E-state index < -0.39 is 0 Å². The second-order valence-electron chi connectivity index (χ2n) is 9.07. The predicted molar refractivity (Wildman–Crippen MR) is 135 cm³/mol. The minimum absolute atomic E-state index is 0.265. The third kappa shape index (κ3) is 2.29. The number of rotatable bonds is 1. The van der Waals surface area contributed by atoms with Gasteiger partial charge in [0, 0.05) is 16.5 Å². The molecule has 6 aromatic carbocycles. The van der Waals surface area contributed by atoms with Crippen LogP contribution in [-0.2, 0) is 0 Å². The van der Waals surface area contributed by atoms with E-state index in [2.05, 4.69) is 36.4 Å². The highest BCUT2D eigenvalue weighted by Gasteiger charge is 2.35. The topological polar surface area (TPSA) is 37.4 Å². The lowest BCUT2D eigenvalue weighted by Crippen LogP contribution is -2.40. The number of nitrogens with zero attached hydrogens (tertiary/aromatic N) is 1. The van der Waals surface area contributed by atoms with E-state index in [0.717, 1.165) is 43.4 Å². The molecule has 0 aromatic heterocycles. The Morgan fingerprint density at radius 1 is 0.545 bits per heavy atom. The van der Waals surface area contributed by atoms with Gasteiger partial charge < -0.3 is 0 Å². The van der Waals surface area contributed by atoms with E-state index in [1.54, 1.807) is 0 Å². The molecule has 33 heavy (non-hydrogen) atoms. The van der Waals surface area contributed by atoms with Gasteiger partial charge in [-0.2, -0.15) is 0 Å². The van der Waals surface area contributed by atoms with Crippen LogP contribution in [0.5, 0.6) is 0 Å². The molecule has 0 unspecified atom stereocenters. The molecule has 0 saturated heterocycles. The van der Waals surface area contributed by atoms with E-state index in [0.29, 0.717) is 16.8 Å². The molecule has 6 aromatic rings. The fourth-order valence-electron chi connectivity index (χ4n) is 5.74. The quantitative estimate of drug-likeness (QED) is 0.159. The highest BCUT2D eigenvalue weighted by molar-refractivity contribution is 6.42. The Bertz CT molecular complexity index is 1710. The Morgan fingerprint density at radius 2 is 1.06 bits per heavy atom. The summed E-state index contributed by atoms with van der Waals surface area (Å²) in [5.41, 5.74) is 3.82. The number of aryl methyl sites for hydroxylation is 2. The molecule has 1 aliphatic rings. The van der Waals surface area contributed by atoms with Crippen LogP contribution in [0.2, 0.25) is 0 Å². The zero-order chi connectivity index (χ0) is 22.4. The molecule has 0 aliphatic carbocycles. The van der Waals surface area contributed by atoms with E-state index in [1.165, 1.54) is 15.7 Å². The van der Waals surface area contributed by atoms with Gasteiger partial charge in [0.1, 0.15) is 0 Å². The van der Waals surface area contributed by atoms with Crippen molar-refractivity contribution in [2.75, 3.05) is 4.90 Å². The first-order valence-electron chi connectivity index (χ1n) is 11.1. The first-order valence-corrected chi connectivity index (χ1v) is 11.1. The van der Waals surface area contributed by atoms with E-state index in [9.17, 15) is 9.59 Å². The maximum atomic E-state index is 13.7. The van der Waals surface area contributed by atoms with E-state index >= 15 is 0 Å². The molecule has 2 amide bonds. The van der Waals surface area contributed by atoms with Crippen molar-refractivity contribution < 1.29 is 9.59 Å². The molecule has 0 N–H and O–H groups in total. The van der Waals surface area contributed by atoms with Crippen molar-refractivity contribution in [2.45, 2.75) is 13.8 Å². The summed E-state index contributed by atoms with van der Waals surface area (Å²) in [5.74, 6) is -0.531. The van der Waals surface area contributed by atoms with Crippen molar-refractivity contribution in [3.8, 4) is 0 Å². The van der Waals surface area contributed by atoms with Crippen molar-refractivity contribution in [3.63, 3.8) is 0 Å². The smallest absolute Gasteiger partial charge is 0.265 e. The third-order valence-electron chi connectivity index (χ3n) is 6.98. The standard InChI is InChI=1S/C30H19NO2/c1-16-13-17(2)15-19(14-16)31-29(32)24-11-9-22-20-7-3-5-18-6-4-8-21(26(18)20)23-10-12-25(30(31)33)28(24)27(22)23/h3-15H,1-2H3. The summed E-state index contributed by atoms with van der Waals surface area (Å²) in [6.07, 6.45) is 0. The van der Waals surface area contributed by atoms with Crippen LogP contribution in [0.15, 0.2) is 78.9 Å². The molecule has 0 radical (unpaired) electrons. The molecule has 156 valence electrons. The Balaban J connectivity index is 1.61. The van der Waals surface area contributed by atoms with Crippen LogP contribution in [0.3, 0.4) is 0 Å². The van der Waals surface area contributed by atoms with Crippen LogP contribution >= 0.6 is 0 Å². The van der Waals surface area contributed by atoms with Crippen LogP contribution in [0.4, 0.5) is 5.69 Å². The number of carbonyl (C=O) groups excluding carboxylic acids is 2. The highest BCUT2D eigenvalue weighted by Crippen LogP contribution is 2.44. The van der Waals surface area contributed by atoms with Gasteiger partial charge in [-0.25, -0.2) is 4.90 Å². The molecule has 7 rings (SSSR count). The number of hydrogen-bond donors (Lipinski definition) is 0. The highest BCUT2D eigenvalue weighted by atomic mass is 16.2. The molecular weight excluding hydrogens is 406 g/mol. The third-order valence-corrected chi connectivity index (χ3v) is 6.98. The Morgan fingerprint density at radius 3 is 1.61 bits per heavy atom. The molecule has 0 atom stereocenters.